The third kappa shape index (κ3) is 2.82. The zero-order chi connectivity index (χ0) is 14.1. The Bertz CT molecular complexity index is 772. The molecule has 2 heterocycles. The van der Waals surface area contributed by atoms with E-state index in [1.165, 1.54) is 0 Å². The van der Waals surface area contributed by atoms with E-state index in [0.717, 1.165) is 26.1 Å². The Balaban J connectivity index is 1.86. The number of anilines is 1. The van der Waals surface area contributed by atoms with Crippen LogP contribution >= 0.6 is 43.5 Å². The van der Waals surface area contributed by atoms with Crippen molar-refractivity contribution < 1.29 is 0 Å². The average molecular weight is 417 g/mol. The second kappa shape index (κ2) is 5.71. The van der Waals surface area contributed by atoms with E-state index in [2.05, 4.69) is 47.1 Å². The summed E-state index contributed by atoms with van der Waals surface area (Å²) in [6, 6.07) is 5.70. The molecule has 102 valence electrons. The summed E-state index contributed by atoms with van der Waals surface area (Å²) in [6.45, 7) is 0.619. The van der Waals surface area contributed by atoms with Crippen molar-refractivity contribution >= 4 is 54.8 Å². The molecule has 0 radical (unpaired) electrons. The number of halogens is 3. The zero-order valence-corrected chi connectivity index (χ0v) is 14.1. The fraction of sp³-hybridized carbons (Fsp3) is 0.0769. The third-order valence-electron chi connectivity index (χ3n) is 2.83. The van der Waals surface area contributed by atoms with Crippen molar-refractivity contribution in [3.8, 4) is 0 Å². The summed E-state index contributed by atoms with van der Waals surface area (Å²) < 4.78 is 3.73. The molecule has 0 spiro atoms. The van der Waals surface area contributed by atoms with Crippen LogP contribution in [0.15, 0.2) is 45.9 Å². The van der Waals surface area contributed by atoms with Gasteiger partial charge in [0.1, 0.15) is 4.60 Å². The lowest BCUT2D eigenvalue weighted by atomic mass is 10.3. The highest BCUT2D eigenvalue weighted by Gasteiger charge is 2.06. The van der Waals surface area contributed by atoms with Gasteiger partial charge in [0.05, 0.1) is 35.3 Å². The van der Waals surface area contributed by atoms with E-state index < -0.39 is 0 Å². The van der Waals surface area contributed by atoms with Gasteiger partial charge in [0.15, 0.2) is 5.65 Å². The Labute approximate surface area is 137 Å². The van der Waals surface area contributed by atoms with Crippen LogP contribution in [-0.4, -0.2) is 14.4 Å². The molecule has 0 saturated carbocycles. The molecular weight excluding hydrogens is 407 g/mol. The molecule has 4 nitrogen and oxygen atoms in total. The van der Waals surface area contributed by atoms with Crippen LogP contribution in [0, 0.1) is 0 Å². The van der Waals surface area contributed by atoms with Gasteiger partial charge in [-0.25, -0.2) is 9.97 Å². The largest absolute Gasteiger partial charge is 0.378 e. The fourth-order valence-corrected chi connectivity index (χ4v) is 2.72. The minimum atomic E-state index is 0.619. The number of nitrogens with zero attached hydrogens (tertiary/aromatic N) is 3. The van der Waals surface area contributed by atoms with Gasteiger partial charge in [-0.05, 0) is 34.1 Å². The maximum atomic E-state index is 6.16. The second-order valence-electron chi connectivity index (χ2n) is 4.17. The van der Waals surface area contributed by atoms with Crippen LogP contribution in [-0.2, 0) is 6.54 Å². The highest BCUT2D eigenvalue weighted by molar-refractivity contribution is 9.10. The zero-order valence-electron chi connectivity index (χ0n) is 10.1. The molecule has 1 aromatic carbocycles. The van der Waals surface area contributed by atoms with Crippen molar-refractivity contribution in [2.45, 2.75) is 6.54 Å². The number of hydrogen-bond donors (Lipinski definition) is 1. The van der Waals surface area contributed by atoms with Crippen LogP contribution in [0.3, 0.4) is 0 Å². The van der Waals surface area contributed by atoms with Gasteiger partial charge in [-0.15, -0.1) is 0 Å². The van der Waals surface area contributed by atoms with Crippen LogP contribution in [0.2, 0.25) is 5.02 Å². The summed E-state index contributed by atoms with van der Waals surface area (Å²) in [4.78, 5) is 8.46. The topological polar surface area (TPSA) is 42.2 Å². The first kappa shape index (κ1) is 13.9. The Kier molecular flexibility index (Phi) is 3.96. The molecule has 7 heteroatoms. The summed E-state index contributed by atoms with van der Waals surface area (Å²) in [5.41, 5.74) is 2.72. The predicted octanol–water partition coefficient (Wildman–Crippen LogP) is 4.52. The minimum absolute atomic E-state index is 0.619. The molecule has 0 aliphatic carbocycles. The van der Waals surface area contributed by atoms with E-state index in [1.807, 2.05) is 35.0 Å². The van der Waals surface area contributed by atoms with Gasteiger partial charge in [0, 0.05) is 10.7 Å². The highest BCUT2D eigenvalue weighted by Crippen LogP contribution is 2.26. The van der Waals surface area contributed by atoms with E-state index in [9.17, 15) is 0 Å². The van der Waals surface area contributed by atoms with Gasteiger partial charge in [-0.3, -0.25) is 4.40 Å². The normalized spacial score (nSPS) is 10.9. The van der Waals surface area contributed by atoms with Gasteiger partial charge < -0.3 is 5.32 Å². The van der Waals surface area contributed by atoms with E-state index in [4.69, 9.17) is 11.6 Å². The predicted molar refractivity (Wildman–Crippen MR) is 87.2 cm³/mol. The second-order valence-corrected chi connectivity index (χ2v) is 6.30. The van der Waals surface area contributed by atoms with Gasteiger partial charge >= 0.3 is 0 Å². The Hall–Kier alpha value is -1.11. The summed E-state index contributed by atoms with van der Waals surface area (Å²) in [7, 11) is 0. The molecule has 3 aromatic rings. The number of hydrogen-bond acceptors (Lipinski definition) is 3. The smallest absolute Gasteiger partial charge is 0.155 e. The molecule has 0 aliphatic rings. The monoisotopic (exact) mass is 414 g/mol. The number of imidazole rings is 1. The van der Waals surface area contributed by atoms with Crippen molar-refractivity contribution in [3.63, 3.8) is 0 Å². The maximum Gasteiger partial charge on any atom is 0.155 e. The van der Waals surface area contributed by atoms with Crippen molar-refractivity contribution in [2.75, 3.05) is 5.32 Å². The highest BCUT2D eigenvalue weighted by atomic mass is 79.9. The Morgan fingerprint density at radius 1 is 1.20 bits per heavy atom. The molecule has 3 rings (SSSR count). The molecule has 0 unspecified atom stereocenters. The lowest BCUT2D eigenvalue weighted by Gasteiger charge is -2.08. The van der Waals surface area contributed by atoms with Crippen LogP contribution in [0.1, 0.15) is 5.69 Å². The number of aromatic nitrogens is 3. The summed E-state index contributed by atoms with van der Waals surface area (Å²) in [5.74, 6) is 0. The lowest BCUT2D eigenvalue weighted by Crippen LogP contribution is -2.03. The maximum absolute atomic E-state index is 6.16. The van der Waals surface area contributed by atoms with Crippen LogP contribution in [0.5, 0.6) is 0 Å². The van der Waals surface area contributed by atoms with Gasteiger partial charge in [0.25, 0.3) is 0 Å². The van der Waals surface area contributed by atoms with Crippen molar-refractivity contribution in [1.82, 2.24) is 14.4 Å². The Morgan fingerprint density at radius 3 is 2.90 bits per heavy atom. The number of rotatable bonds is 3. The first-order chi connectivity index (χ1) is 9.63. The number of benzene rings is 1. The molecular formula is C13H9Br2ClN4. The van der Waals surface area contributed by atoms with E-state index in [1.54, 1.807) is 6.20 Å². The first-order valence-electron chi connectivity index (χ1n) is 5.80. The quantitative estimate of drug-likeness (QED) is 0.683. The van der Waals surface area contributed by atoms with E-state index in [0.29, 0.717) is 11.6 Å². The van der Waals surface area contributed by atoms with Gasteiger partial charge in [-0.2, -0.15) is 0 Å². The van der Waals surface area contributed by atoms with E-state index in [-0.39, 0.29) is 0 Å². The summed E-state index contributed by atoms with van der Waals surface area (Å²) in [5, 5.41) is 3.99. The summed E-state index contributed by atoms with van der Waals surface area (Å²) in [6.07, 6.45) is 5.43. The first-order valence-corrected chi connectivity index (χ1v) is 7.76. The van der Waals surface area contributed by atoms with Gasteiger partial charge in [-0.1, -0.05) is 27.5 Å². The van der Waals surface area contributed by atoms with Gasteiger partial charge in [0.2, 0.25) is 0 Å². The molecule has 1 N–H and O–H groups in total. The molecule has 2 aromatic heterocycles. The lowest BCUT2D eigenvalue weighted by molar-refractivity contribution is 0.983. The van der Waals surface area contributed by atoms with Crippen LogP contribution < -0.4 is 5.32 Å². The number of nitrogens with one attached hydrogen (secondary N) is 1. The third-order valence-corrected chi connectivity index (χ3v) is 4.06. The molecule has 0 atom stereocenters. The molecule has 0 aliphatic heterocycles. The fourth-order valence-electron chi connectivity index (χ4n) is 1.87. The molecule has 20 heavy (non-hydrogen) atoms. The SMILES string of the molecule is Clc1ccc(Br)cc1NCc1cnc2cnc(Br)cn12. The molecule has 0 amide bonds. The number of fused-ring (bicyclic) bond motifs is 1. The van der Waals surface area contributed by atoms with Crippen LogP contribution in [0.25, 0.3) is 5.65 Å². The molecule has 0 saturated heterocycles. The summed E-state index contributed by atoms with van der Waals surface area (Å²) >= 11 is 13.0. The van der Waals surface area contributed by atoms with Crippen LogP contribution in [0.4, 0.5) is 5.69 Å². The average Bonchev–Trinajstić information content (AvgIpc) is 2.82. The Morgan fingerprint density at radius 2 is 2.05 bits per heavy atom. The molecule has 0 bridgehead atoms. The van der Waals surface area contributed by atoms with E-state index >= 15 is 0 Å². The standard InChI is InChI=1S/C13H9Br2ClN4/c14-8-1-2-10(16)11(3-8)17-4-9-5-19-13-6-18-12(15)7-20(9)13/h1-3,5-7,17H,4H2. The molecule has 0 fully saturated rings. The van der Waals surface area contributed by atoms with Crippen molar-refractivity contribution in [1.29, 1.82) is 0 Å². The van der Waals surface area contributed by atoms with Crippen molar-refractivity contribution in [3.05, 3.63) is 56.6 Å². The van der Waals surface area contributed by atoms with Crippen molar-refractivity contribution in [2.24, 2.45) is 0 Å². The minimum Gasteiger partial charge on any atom is -0.378 e.